The Morgan fingerprint density at radius 2 is 2.15 bits per heavy atom. The van der Waals surface area contributed by atoms with Gasteiger partial charge in [0, 0.05) is 12.4 Å². The zero-order valence-electron chi connectivity index (χ0n) is 12.1. The van der Waals surface area contributed by atoms with Crippen LogP contribution < -0.4 is 5.32 Å². The topological polar surface area (TPSA) is 91.4 Å². The summed E-state index contributed by atoms with van der Waals surface area (Å²) in [6.07, 6.45) is 4.79. The summed E-state index contributed by atoms with van der Waals surface area (Å²) in [5, 5.41) is 11.5. The molecule has 0 aromatic carbocycles. The first-order chi connectivity index (χ1) is 9.28. The molecule has 1 heterocycles. The lowest BCUT2D eigenvalue weighted by Crippen LogP contribution is -2.43. The Morgan fingerprint density at radius 1 is 1.45 bits per heavy atom. The highest BCUT2D eigenvalue weighted by atomic mass is 16.6. The largest absolute Gasteiger partial charge is 0.480 e. The van der Waals surface area contributed by atoms with Crippen LogP contribution in [0.5, 0.6) is 0 Å². The van der Waals surface area contributed by atoms with Gasteiger partial charge in [-0.2, -0.15) is 0 Å². The molecule has 3 N–H and O–H groups in total. The smallest absolute Gasteiger partial charge is 0.408 e. The van der Waals surface area contributed by atoms with Crippen molar-refractivity contribution in [2.45, 2.75) is 51.7 Å². The van der Waals surface area contributed by atoms with E-state index in [0.717, 1.165) is 12.0 Å². The number of alkyl carbamates (subject to hydrolysis) is 1. The third-order valence-corrected chi connectivity index (χ3v) is 2.61. The van der Waals surface area contributed by atoms with Crippen molar-refractivity contribution in [3.63, 3.8) is 0 Å². The summed E-state index contributed by atoms with van der Waals surface area (Å²) < 4.78 is 5.05. The van der Waals surface area contributed by atoms with E-state index >= 15 is 0 Å². The summed E-state index contributed by atoms with van der Waals surface area (Å²) in [6, 6.07) is 1.01. The van der Waals surface area contributed by atoms with Crippen LogP contribution in [0.25, 0.3) is 0 Å². The first-order valence-electron chi connectivity index (χ1n) is 6.62. The highest BCUT2D eigenvalue weighted by Gasteiger charge is 2.23. The molecule has 0 fully saturated rings. The Balaban J connectivity index is 2.40. The number of carbonyl (C=O) groups is 2. The molecule has 1 atom stereocenters. The van der Waals surface area contributed by atoms with Crippen LogP contribution in [-0.4, -0.2) is 33.8 Å². The van der Waals surface area contributed by atoms with Gasteiger partial charge in [-0.3, -0.25) is 0 Å². The highest BCUT2D eigenvalue weighted by molar-refractivity contribution is 5.79. The van der Waals surface area contributed by atoms with Crippen LogP contribution in [0.2, 0.25) is 0 Å². The number of H-pyrrole nitrogens is 1. The van der Waals surface area contributed by atoms with Crippen LogP contribution in [0, 0.1) is 0 Å². The Labute approximate surface area is 118 Å². The molecule has 0 spiro atoms. The second-order valence-corrected chi connectivity index (χ2v) is 5.65. The first-order valence-corrected chi connectivity index (χ1v) is 6.62. The fourth-order valence-electron chi connectivity index (χ4n) is 1.73. The van der Waals surface area contributed by atoms with Gasteiger partial charge in [-0.05, 0) is 51.7 Å². The molecule has 1 amide bonds. The third-order valence-electron chi connectivity index (χ3n) is 2.61. The van der Waals surface area contributed by atoms with Crippen molar-refractivity contribution in [2.24, 2.45) is 0 Å². The molecule has 0 aliphatic heterocycles. The number of aromatic nitrogens is 1. The van der Waals surface area contributed by atoms with E-state index in [9.17, 15) is 9.59 Å². The standard InChI is InChI=1S/C14H22N2O4/c1-14(2,3)20-13(19)16-11(12(17)18)6-4-5-10-7-8-15-9-10/h7-9,11,15H,4-6H2,1-3H3,(H,16,19)(H,17,18). The zero-order chi connectivity index (χ0) is 15.2. The number of hydrogen-bond acceptors (Lipinski definition) is 3. The molecule has 0 saturated heterocycles. The molecule has 6 nitrogen and oxygen atoms in total. The van der Waals surface area contributed by atoms with Crippen molar-refractivity contribution in [3.8, 4) is 0 Å². The molecular weight excluding hydrogens is 260 g/mol. The minimum absolute atomic E-state index is 0.361. The number of nitrogens with one attached hydrogen (secondary N) is 2. The molecule has 1 aromatic heterocycles. The predicted molar refractivity (Wildman–Crippen MR) is 74.5 cm³/mol. The number of aryl methyl sites for hydroxylation is 1. The number of aliphatic carboxylic acids is 1. The van der Waals surface area contributed by atoms with Gasteiger partial charge in [-0.15, -0.1) is 0 Å². The number of carbonyl (C=O) groups excluding carboxylic acids is 1. The molecule has 0 aliphatic rings. The number of rotatable bonds is 6. The van der Waals surface area contributed by atoms with E-state index in [2.05, 4.69) is 10.3 Å². The van der Waals surface area contributed by atoms with Crippen molar-refractivity contribution < 1.29 is 19.4 Å². The third kappa shape index (κ3) is 6.26. The molecule has 1 unspecified atom stereocenters. The second-order valence-electron chi connectivity index (χ2n) is 5.65. The summed E-state index contributed by atoms with van der Waals surface area (Å²) in [6.45, 7) is 5.19. The lowest BCUT2D eigenvalue weighted by Gasteiger charge is -2.22. The fourth-order valence-corrected chi connectivity index (χ4v) is 1.73. The van der Waals surface area contributed by atoms with Gasteiger partial charge in [-0.1, -0.05) is 0 Å². The van der Waals surface area contributed by atoms with Crippen molar-refractivity contribution in [3.05, 3.63) is 24.0 Å². The van der Waals surface area contributed by atoms with Crippen molar-refractivity contribution in [1.29, 1.82) is 0 Å². The molecule has 0 bridgehead atoms. The van der Waals surface area contributed by atoms with Gasteiger partial charge in [0.15, 0.2) is 0 Å². The van der Waals surface area contributed by atoms with Crippen molar-refractivity contribution >= 4 is 12.1 Å². The lowest BCUT2D eigenvalue weighted by atomic mass is 10.1. The number of ether oxygens (including phenoxy) is 1. The normalized spacial score (nSPS) is 12.8. The summed E-state index contributed by atoms with van der Waals surface area (Å²) in [7, 11) is 0. The quantitative estimate of drug-likeness (QED) is 0.746. The molecule has 0 aliphatic carbocycles. The minimum Gasteiger partial charge on any atom is -0.480 e. The van der Waals surface area contributed by atoms with E-state index in [4.69, 9.17) is 9.84 Å². The first kappa shape index (κ1) is 16.1. The van der Waals surface area contributed by atoms with Gasteiger partial charge in [0.2, 0.25) is 0 Å². The molecule has 0 saturated carbocycles. The fraction of sp³-hybridized carbons (Fsp3) is 0.571. The van der Waals surface area contributed by atoms with E-state index in [1.165, 1.54) is 0 Å². The van der Waals surface area contributed by atoms with Gasteiger partial charge in [0.05, 0.1) is 0 Å². The molecule has 112 valence electrons. The molecule has 6 heteroatoms. The maximum absolute atomic E-state index is 11.6. The predicted octanol–water partition coefficient (Wildman–Crippen LogP) is 2.32. The minimum atomic E-state index is -1.05. The molecule has 1 rings (SSSR count). The number of hydrogen-bond donors (Lipinski definition) is 3. The Bertz CT molecular complexity index is 435. The van der Waals surface area contributed by atoms with Gasteiger partial charge in [0.1, 0.15) is 11.6 Å². The number of carboxylic acid groups (broad SMARTS) is 1. The van der Waals surface area contributed by atoms with E-state index in [1.54, 1.807) is 20.8 Å². The summed E-state index contributed by atoms with van der Waals surface area (Å²) in [4.78, 5) is 25.6. The van der Waals surface area contributed by atoms with Crippen molar-refractivity contribution in [1.82, 2.24) is 10.3 Å². The van der Waals surface area contributed by atoms with Gasteiger partial charge in [0.25, 0.3) is 0 Å². The Kier molecular flexibility index (Phi) is 5.61. The number of amides is 1. The maximum Gasteiger partial charge on any atom is 0.408 e. The van der Waals surface area contributed by atoms with Gasteiger partial charge in [-0.25, -0.2) is 9.59 Å². The van der Waals surface area contributed by atoms with Crippen LogP contribution in [0.4, 0.5) is 4.79 Å². The molecule has 0 radical (unpaired) electrons. The van der Waals surface area contributed by atoms with Crippen LogP contribution in [-0.2, 0) is 16.0 Å². The maximum atomic E-state index is 11.6. The summed E-state index contributed by atoms with van der Waals surface area (Å²) in [5.74, 6) is -1.05. The average molecular weight is 282 g/mol. The zero-order valence-corrected chi connectivity index (χ0v) is 12.1. The van der Waals surface area contributed by atoms with Crippen LogP contribution >= 0.6 is 0 Å². The molecular formula is C14H22N2O4. The highest BCUT2D eigenvalue weighted by Crippen LogP contribution is 2.09. The Morgan fingerprint density at radius 3 is 2.65 bits per heavy atom. The van der Waals surface area contributed by atoms with E-state index in [-0.39, 0.29) is 0 Å². The van der Waals surface area contributed by atoms with Gasteiger partial charge < -0.3 is 20.1 Å². The van der Waals surface area contributed by atoms with Crippen LogP contribution in [0.15, 0.2) is 18.5 Å². The summed E-state index contributed by atoms with van der Waals surface area (Å²) in [5.41, 5.74) is 0.476. The lowest BCUT2D eigenvalue weighted by molar-refractivity contribution is -0.139. The average Bonchev–Trinajstić information content (AvgIpc) is 2.77. The van der Waals surface area contributed by atoms with Crippen LogP contribution in [0.1, 0.15) is 39.2 Å². The van der Waals surface area contributed by atoms with E-state index in [1.807, 2.05) is 18.5 Å². The summed E-state index contributed by atoms with van der Waals surface area (Å²) >= 11 is 0. The SMILES string of the molecule is CC(C)(C)OC(=O)NC(CCCc1cc[nH]c1)C(=O)O. The molecule has 1 aromatic rings. The Hall–Kier alpha value is -1.98. The monoisotopic (exact) mass is 282 g/mol. The van der Waals surface area contributed by atoms with E-state index in [0.29, 0.717) is 12.8 Å². The molecule has 20 heavy (non-hydrogen) atoms. The number of aromatic amines is 1. The van der Waals surface area contributed by atoms with Gasteiger partial charge >= 0.3 is 12.1 Å². The number of carboxylic acids is 1. The second kappa shape index (κ2) is 6.98. The van der Waals surface area contributed by atoms with E-state index < -0.39 is 23.7 Å². The van der Waals surface area contributed by atoms with Crippen molar-refractivity contribution in [2.75, 3.05) is 0 Å². The van der Waals surface area contributed by atoms with Crippen LogP contribution in [0.3, 0.4) is 0 Å².